The Morgan fingerprint density at radius 1 is 1.00 bits per heavy atom. The number of esters is 1. The van der Waals surface area contributed by atoms with Crippen molar-refractivity contribution in [3.05, 3.63) is 83.4 Å². The highest BCUT2D eigenvalue weighted by Crippen LogP contribution is 2.59. The zero-order valence-electron chi connectivity index (χ0n) is 27.2. The second kappa shape index (κ2) is 12.8. The second-order valence-corrected chi connectivity index (χ2v) is 13.7. The fourth-order valence-corrected chi connectivity index (χ4v) is 8.24. The predicted molar refractivity (Wildman–Crippen MR) is 167 cm³/mol. The number of carbonyl (C=O) groups is 3. The number of methoxy groups -OCH3 is 1. The van der Waals surface area contributed by atoms with E-state index in [0.29, 0.717) is 12.8 Å². The molecule has 0 amide bonds. The predicted octanol–water partition coefficient (Wildman–Crippen LogP) is 5.52. The number of hydrogen-bond donors (Lipinski definition) is 0. The van der Waals surface area contributed by atoms with Gasteiger partial charge in [0.15, 0.2) is 6.29 Å². The molecule has 3 aliphatic carbocycles. The van der Waals surface area contributed by atoms with Gasteiger partial charge >= 0.3 is 5.97 Å². The van der Waals surface area contributed by atoms with Gasteiger partial charge in [0.2, 0.25) is 11.6 Å². The number of hydrogen-bond acceptors (Lipinski definition) is 9. The Hall–Kier alpha value is -3.21. The fraction of sp³-hybridized carbons (Fsp3) is 0.541. The lowest BCUT2D eigenvalue weighted by molar-refractivity contribution is -0.344. The van der Waals surface area contributed by atoms with E-state index >= 15 is 0 Å². The smallest absolute Gasteiger partial charge is 0.302 e. The molecular formula is C37H44O9. The fourth-order valence-electron chi connectivity index (χ4n) is 8.24. The summed E-state index contributed by atoms with van der Waals surface area (Å²) >= 11 is 0. The first-order valence-corrected chi connectivity index (χ1v) is 16.1. The van der Waals surface area contributed by atoms with Crippen LogP contribution in [0.3, 0.4) is 0 Å². The number of rotatable bonds is 8. The number of ketones is 2. The third kappa shape index (κ3) is 5.56. The Bertz CT molecular complexity index is 1470. The van der Waals surface area contributed by atoms with Crippen LogP contribution in [0.5, 0.6) is 0 Å². The standard InChI is InChI=1S/C37H44O9/c1-23(38)45-29-19-30-37(44-20-24-12-8-6-9-13-24,21-42-34(46-30)25-14-10-7-11-15-25)28-18-26-16-17-27(35(26,2)3)32(43-22-41-5)31(39)33(40)36(28,29)4/h6-15,18,27-30,32,34H,16-17,19-22H2,1-5H3/b26-18+/t27-,28+,29-,30+,32-,34-,36-,37-/m1/s1. The summed E-state index contributed by atoms with van der Waals surface area (Å²) in [7, 11) is 1.49. The molecule has 1 aliphatic heterocycles. The Morgan fingerprint density at radius 2 is 1.70 bits per heavy atom. The van der Waals surface area contributed by atoms with Crippen molar-refractivity contribution in [1.29, 1.82) is 0 Å². The van der Waals surface area contributed by atoms with Gasteiger partial charge < -0.3 is 28.4 Å². The minimum atomic E-state index is -1.51. The number of carbonyl (C=O) groups excluding carboxylic acids is 3. The highest BCUT2D eigenvalue weighted by atomic mass is 16.7. The van der Waals surface area contributed by atoms with Crippen molar-refractivity contribution in [1.82, 2.24) is 0 Å². The zero-order chi connectivity index (χ0) is 32.7. The molecule has 6 rings (SSSR count). The van der Waals surface area contributed by atoms with Crippen LogP contribution in [0, 0.1) is 22.7 Å². The summed E-state index contributed by atoms with van der Waals surface area (Å²) in [6.07, 6.45) is 0.320. The van der Waals surface area contributed by atoms with Crippen molar-refractivity contribution in [2.45, 2.75) is 83.8 Å². The first-order valence-electron chi connectivity index (χ1n) is 16.1. The number of fused-ring (bicyclic) bond motifs is 5. The van der Waals surface area contributed by atoms with Gasteiger partial charge in [0.25, 0.3) is 0 Å². The molecule has 0 aromatic heterocycles. The summed E-state index contributed by atoms with van der Waals surface area (Å²) in [5.74, 6) is -2.84. The van der Waals surface area contributed by atoms with Gasteiger partial charge in [-0.25, -0.2) is 0 Å². The highest BCUT2D eigenvalue weighted by Gasteiger charge is 2.69. The molecule has 1 heterocycles. The van der Waals surface area contributed by atoms with Crippen LogP contribution < -0.4 is 0 Å². The van der Waals surface area contributed by atoms with Crippen LogP contribution in [0.4, 0.5) is 0 Å². The van der Waals surface area contributed by atoms with Crippen LogP contribution >= 0.6 is 0 Å². The third-order valence-corrected chi connectivity index (χ3v) is 10.8. The van der Waals surface area contributed by atoms with Crippen LogP contribution in [0.2, 0.25) is 0 Å². The van der Waals surface area contributed by atoms with Gasteiger partial charge in [-0.3, -0.25) is 14.4 Å². The van der Waals surface area contributed by atoms with Crippen LogP contribution in [0.25, 0.3) is 0 Å². The summed E-state index contributed by atoms with van der Waals surface area (Å²) in [6, 6.07) is 19.4. The molecule has 9 heteroatoms. The first kappa shape index (κ1) is 32.7. The van der Waals surface area contributed by atoms with Crippen LogP contribution in [0.1, 0.15) is 64.4 Å². The number of Topliss-reactive ketones (excluding diaryl/α,β-unsaturated/α-hetero) is 2. The van der Waals surface area contributed by atoms with Crippen LogP contribution in [-0.2, 0) is 49.4 Å². The molecule has 46 heavy (non-hydrogen) atoms. The van der Waals surface area contributed by atoms with Gasteiger partial charge in [-0.1, -0.05) is 86.2 Å². The van der Waals surface area contributed by atoms with Crippen LogP contribution in [0.15, 0.2) is 72.3 Å². The van der Waals surface area contributed by atoms with E-state index < -0.39 is 64.5 Å². The maximum atomic E-state index is 14.8. The lowest BCUT2D eigenvalue weighted by atomic mass is 9.54. The SMILES string of the molecule is COCO[C@H]1C(=O)C(=O)[C@]2(C)[C@H](/C=C3\CC[C@H]1C3(C)C)[C@]1(OCc3ccccc3)CO[C@@H](c3ccccc3)O[C@H]1C[C@H]2OC(C)=O. The van der Waals surface area contributed by atoms with E-state index in [1.54, 1.807) is 6.92 Å². The largest absolute Gasteiger partial charge is 0.461 e. The number of benzene rings is 2. The van der Waals surface area contributed by atoms with E-state index in [0.717, 1.165) is 16.7 Å². The Morgan fingerprint density at radius 3 is 2.37 bits per heavy atom. The van der Waals surface area contributed by atoms with Crippen molar-refractivity contribution >= 4 is 17.5 Å². The van der Waals surface area contributed by atoms with Crippen molar-refractivity contribution < 1.29 is 42.8 Å². The lowest BCUT2D eigenvalue weighted by Gasteiger charge is -2.59. The van der Waals surface area contributed by atoms with E-state index in [-0.39, 0.29) is 32.3 Å². The Balaban J connectivity index is 1.53. The molecule has 9 nitrogen and oxygen atoms in total. The summed E-state index contributed by atoms with van der Waals surface area (Å²) in [5.41, 5.74) is -0.308. The van der Waals surface area contributed by atoms with E-state index in [1.807, 2.05) is 60.7 Å². The maximum Gasteiger partial charge on any atom is 0.302 e. The minimum Gasteiger partial charge on any atom is -0.461 e. The zero-order valence-corrected chi connectivity index (χ0v) is 27.2. The molecule has 0 radical (unpaired) electrons. The van der Waals surface area contributed by atoms with Gasteiger partial charge in [0.1, 0.15) is 24.6 Å². The summed E-state index contributed by atoms with van der Waals surface area (Å²) in [5, 5.41) is 0. The second-order valence-electron chi connectivity index (χ2n) is 13.7. The van der Waals surface area contributed by atoms with E-state index in [2.05, 4.69) is 19.9 Å². The monoisotopic (exact) mass is 632 g/mol. The minimum absolute atomic E-state index is 0.0931. The van der Waals surface area contributed by atoms with Crippen molar-refractivity contribution in [2.75, 3.05) is 20.5 Å². The Kier molecular flexibility index (Phi) is 9.08. The molecule has 8 atom stereocenters. The molecular weight excluding hydrogens is 588 g/mol. The molecule has 4 aliphatic rings. The van der Waals surface area contributed by atoms with E-state index in [1.165, 1.54) is 14.0 Å². The molecule has 2 bridgehead atoms. The molecule has 0 unspecified atom stereocenters. The Labute approximate surface area is 270 Å². The van der Waals surface area contributed by atoms with Gasteiger partial charge in [-0.15, -0.1) is 0 Å². The highest BCUT2D eigenvalue weighted by molar-refractivity contribution is 6.41. The third-order valence-electron chi connectivity index (χ3n) is 10.8. The van der Waals surface area contributed by atoms with Crippen molar-refractivity contribution in [3.8, 4) is 0 Å². The number of ether oxygens (including phenoxy) is 6. The molecule has 2 aromatic rings. The number of allylic oxidation sites excluding steroid dienone is 1. The van der Waals surface area contributed by atoms with E-state index in [9.17, 15) is 14.4 Å². The lowest BCUT2D eigenvalue weighted by Crippen LogP contribution is -2.71. The van der Waals surface area contributed by atoms with Gasteiger partial charge in [0.05, 0.1) is 24.7 Å². The average molecular weight is 633 g/mol. The maximum absolute atomic E-state index is 14.8. The molecule has 0 spiro atoms. The quantitative estimate of drug-likeness (QED) is 0.161. The van der Waals surface area contributed by atoms with Gasteiger partial charge in [-0.05, 0) is 30.7 Å². The first-order chi connectivity index (χ1) is 22.0. The van der Waals surface area contributed by atoms with Crippen LogP contribution in [-0.4, -0.2) is 62.0 Å². The normalized spacial score (nSPS) is 36.3. The topological polar surface area (TPSA) is 107 Å². The molecule has 0 N–H and O–H groups in total. The molecule has 2 aromatic carbocycles. The molecule has 1 saturated heterocycles. The summed E-state index contributed by atoms with van der Waals surface area (Å²) < 4.78 is 37.4. The summed E-state index contributed by atoms with van der Waals surface area (Å²) in [4.78, 5) is 41.9. The summed E-state index contributed by atoms with van der Waals surface area (Å²) in [6.45, 7) is 7.44. The van der Waals surface area contributed by atoms with Gasteiger partial charge in [-0.2, -0.15) is 0 Å². The van der Waals surface area contributed by atoms with E-state index in [4.69, 9.17) is 28.4 Å². The van der Waals surface area contributed by atoms with Crippen molar-refractivity contribution in [3.63, 3.8) is 0 Å². The molecule has 2 saturated carbocycles. The average Bonchev–Trinajstić information content (AvgIpc) is 3.35. The molecule has 3 fully saturated rings. The molecule has 246 valence electrons. The van der Waals surface area contributed by atoms with Crippen molar-refractivity contribution in [2.24, 2.45) is 22.7 Å². The van der Waals surface area contributed by atoms with Gasteiger partial charge in [0, 0.05) is 37.9 Å².